The van der Waals surface area contributed by atoms with Gasteiger partial charge in [-0.25, -0.2) is 9.13 Å². The van der Waals surface area contributed by atoms with Crippen molar-refractivity contribution in [3.8, 4) is 0 Å². The maximum absolute atomic E-state index is 10.7. The van der Waals surface area contributed by atoms with Crippen LogP contribution >= 0.6 is 15.6 Å². The van der Waals surface area contributed by atoms with Crippen LogP contribution in [0, 0.1) is 0 Å². The number of hydrogen-bond donors (Lipinski definition) is 8. The van der Waals surface area contributed by atoms with Gasteiger partial charge in [0.1, 0.15) is 36.6 Å². The first-order valence-electron chi connectivity index (χ1n) is 5.03. The summed E-state index contributed by atoms with van der Waals surface area (Å²) in [5.74, 6) is 0. The fraction of sp³-hybridized carbons (Fsp3) is 1.00. The Morgan fingerprint density at radius 1 is 0.591 bits per heavy atom. The Morgan fingerprint density at radius 2 is 0.818 bits per heavy atom. The summed E-state index contributed by atoms with van der Waals surface area (Å²) in [5.41, 5.74) is 0. The van der Waals surface area contributed by atoms with E-state index >= 15 is 0 Å². The van der Waals surface area contributed by atoms with Gasteiger partial charge in [0.25, 0.3) is 0 Å². The first kappa shape index (κ1) is 26.3. The fourth-order valence-corrected chi connectivity index (χ4v) is 2.87. The Labute approximate surface area is 168 Å². The minimum Gasteiger partial charge on any atom is -0.387 e. The van der Waals surface area contributed by atoms with Gasteiger partial charge in [-0.15, -0.1) is 0 Å². The molecule has 0 aromatic heterocycles. The summed E-state index contributed by atoms with van der Waals surface area (Å²) in [6, 6.07) is 0. The van der Waals surface area contributed by atoms with Crippen molar-refractivity contribution in [2.75, 3.05) is 0 Å². The number of phosphoric ester groups is 2. The molecule has 0 aromatic carbocycles. The van der Waals surface area contributed by atoms with Crippen LogP contribution in [0.4, 0.5) is 0 Å². The Bertz CT molecular complexity index is 397. The first-order valence-corrected chi connectivity index (χ1v) is 8.10. The number of aliphatic hydroxyl groups is 4. The molecular formula is C6H14Na2O12P2. The van der Waals surface area contributed by atoms with Crippen LogP contribution in [-0.4, -0.2) is 136 Å². The maximum atomic E-state index is 10.7. The second-order valence-corrected chi connectivity index (χ2v) is 6.47. The summed E-state index contributed by atoms with van der Waals surface area (Å²) in [4.78, 5) is 34.6. The molecule has 0 heterocycles. The van der Waals surface area contributed by atoms with Gasteiger partial charge in [-0.05, 0) is 0 Å². The van der Waals surface area contributed by atoms with Crippen LogP contribution in [0.25, 0.3) is 0 Å². The third kappa shape index (κ3) is 7.52. The molecule has 1 saturated carbocycles. The monoisotopic (exact) mass is 386 g/mol. The largest absolute Gasteiger partial charge is 0.470 e. The summed E-state index contributed by atoms with van der Waals surface area (Å²) in [5, 5.41) is 37.8. The molecule has 22 heavy (non-hydrogen) atoms. The zero-order chi connectivity index (χ0) is 15.9. The van der Waals surface area contributed by atoms with Gasteiger partial charge in [-0.3, -0.25) is 9.05 Å². The minimum absolute atomic E-state index is 0. The van der Waals surface area contributed by atoms with E-state index in [0.29, 0.717) is 0 Å². The zero-order valence-corrected chi connectivity index (χ0v) is 17.4. The van der Waals surface area contributed by atoms with Gasteiger partial charge in [-0.2, -0.15) is 0 Å². The quantitative estimate of drug-likeness (QED) is 0.170. The van der Waals surface area contributed by atoms with Gasteiger partial charge >= 0.3 is 15.6 Å². The predicted octanol–water partition coefficient (Wildman–Crippen LogP) is -4.36. The topological polar surface area (TPSA) is 214 Å². The Balaban J connectivity index is 0. The molecule has 122 valence electrons. The van der Waals surface area contributed by atoms with E-state index in [4.69, 9.17) is 19.6 Å². The molecule has 0 bridgehead atoms. The number of rotatable bonds is 4. The molecule has 6 atom stereocenters. The van der Waals surface area contributed by atoms with Crippen molar-refractivity contribution in [3.05, 3.63) is 0 Å². The molecule has 0 aliphatic heterocycles. The molecule has 0 amide bonds. The van der Waals surface area contributed by atoms with E-state index in [1.807, 2.05) is 0 Å². The van der Waals surface area contributed by atoms with Crippen molar-refractivity contribution in [1.29, 1.82) is 0 Å². The average molecular weight is 386 g/mol. The first-order chi connectivity index (χ1) is 8.83. The number of aliphatic hydroxyl groups excluding tert-OH is 4. The van der Waals surface area contributed by atoms with Gasteiger partial charge in [-0.1, -0.05) is 0 Å². The molecular weight excluding hydrogens is 372 g/mol. The Hall–Kier alpha value is 2.06. The molecule has 1 aliphatic rings. The molecule has 0 saturated heterocycles. The zero-order valence-electron chi connectivity index (χ0n) is 11.6. The normalized spacial score (nSPS) is 36.2. The maximum Gasteiger partial charge on any atom is 0.470 e. The van der Waals surface area contributed by atoms with E-state index < -0.39 is 52.3 Å². The van der Waals surface area contributed by atoms with Gasteiger partial charge < -0.3 is 40.0 Å². The molecule has 0 aromatic rings. The molecule has 0 spiro atoms. The standard InChI is InChI=1S/C6H14O12P2.2Na/c7-1-2(8)4(10)6(18-20(14,15)16)5(3(1)9)17-19(11,12)13;;/h1-10H,(H2,11,12,13)(H2,14,15,16);;/t1-,2-,3+,4+,5-,6+;;/m0../s1. The molecule has 1 aliphatic carbocycles. The SMILES string of the molecule is O=P(O)(O)O[C@@H]1[C@H](O)[C@@H](O)[C@H](O)[C@@H](O)[C@@H]1OP(=O)(O)O.[Na].[Na]. The predicted molar refractivity (Wildman–Crippen MR) is 69.4 cm³/mol. The number of phosphoric acid groups is 2. The second-order valence-electron chi connectivity index (χ2n) is 4.08. The van der Waals surface area contributed by atoms with Gasteiger partial charge in [0.05, 0.1) is 0 Å². The molecule has 1 rings (SSSR count). The molecule has 2 radical (unpaired) electrons. The smallest absolute Gasteiger partial charge is 0.387 e. The van der Waals surface area contributed by atoms with Crippen LogP contribution in [0.15, 0.2) is 0 Å². The van der Waals surface area contributed by atoms with Crippen LogP contribution < -0.4 is 0 Å². The average Bonchev–Trinajstić information content (AvgIpc) is 2.25. The van der Waals surface area contributed by atoms with E-state index in [1.165, 1.54) is 0 Å². The summed E-state index contributed by atoms with van der Waals surface area (Å²) in [6.45, 7) is 0. The van der Waals surface area contributed by atoms with Crippen LogP contribution in [0.1, 0.15) is 0 Å². The summed E-state index contributed by atoms with van der Waals surface area (Å²) >= 11 is 0. The van der Waals surface area contributed by atoms with Crippen molar-refractivity contribution in [2.45, 2.75) is 36.6 Å². The van der Waals surface area contributed by atoms with E-state index in [-0.39, 0.29) is 59.1 Å². The Kier molecular flexibility index (Phi) is 11.6. The van der Waals surface area contributed by atoms with E-state index in [2.05, 4.69) is 9.05 Å². The molecule has 16 heteroatoms. The number of hydrogen-bond acceptors (Lipinski definition) is 8. The molecule has 0 unspecified atom stereocenters. The van der Waals surface area contributed by atoms with Crippen LogP contribution in [0.3, 0.4) is 0 Å². The van der Waals surface area contributed by atoms with E-state index in [0.717, 1.165) is 0 Å². The van der Waals surface area contributed by atoms with Crippen molar-refractivity contribution < 1.29 is 58.2 Å². The van der Waals surface area contributed by atoms with Crippen molar-refractivity contribution >= 4 is 74.8 Å². The summed E-state index contributed by atoms with van der Waals surface area (Å²) in [7, 11) is -10.5. The van der Waals surface area contributed by atoms with Crippen LogP contribution in [0.5, 0.6) is 0 Å². The van der Waals surface area contributed by atoms with E-state index in [9.17, 15) is 29.6 Å². The van der Waals surface area contributed by atoms with Gasteiger partial charge in [0.15, 0.2) is 0 Å². The summed E-state index contributed by atoms with van der Waals surface area (Å²) in [6.07, 6.45) is -12.8. The molecule has 1 fully saturated rings. The van der Waals surface area contributed by atoms with Crippen molar-refractivity contribution in [3.63, 3.8) is 0 Å². The third-order valence-electron chi connectivity index (χ3n) is 2.56. The van der Waals surface area contributed by atoms with Gasteiger partial charge in [0, 0.05) is 59.1 Å². The Morgan fingerprint density at radius 3 is 1.00 bits per heavy atom. The second kappa shape index (κ2) is 9.67. The summed E-state index contributed by atoms with van der Waals surface area (Å²) < 4.78 is 29.6. The van der Waals surface area contributed by atoms with Crippen molar-refractivity contribution in [2.24, 2.45) is 0 Å². The minimum atomic E-state index is -5.24. The van der Waals surface area contributed by atoms with Gasteiger partial charge in [0.2, 0.25) is 0 Å². The third-order valence-corrected chi connectivity index (χ3v) is 3.60. The molecule has 12 nitrogen and oxygen atoms in total. The molecule has 8 N–H and O–H groups in total. The van der Waals surface area contributed by atoms with Crippen LogP contribution in [0.2, 0.25) is 0 Å². The van der Waals surface area contributed by atoms with Crippen molar-refractivity contribution in [1.82, 2.24) is 0 Å². The van der Waals surface area contributed by atoms with E-state index in [1.54, 1.807) is 0 Å². The fourth-order valence-electron chi connectivity index (χ4n) is 1.74. The van der Waals surface area contributed by atoms with Crippen LogP contribution in [-0.2, 0) is 18.2 Å².